The number of hydrogen-bond acceptors (Lipinski definition) is 2. The molecule has 0 aliphatic heterocycles. The van der Waals surface area contributed by atoms with Crippen LogP contribution in [0.4, 0.5) is 5.69 Å². The molecule has 1 aliphatic carbocycles. The number of hydrogen-bond donors (Lipinski definition) is 2. The molecule has 0 aromatic heterocycles. The van der Waals surface area contributed by atoms with Crippen molar-refractivity contribution >= 4 is 11.7 Å². The number of carbonyl (C=O) groups is 1. The van der Waals surface area contributed by atoms with Crippen molar-refractivity contribution in [2.75, 3.05) is 5.32 Å². The summed E-state index contributed by atoms with van der Waals surface area (Å²) in [6, 6.07) is 9.65. The Morgan fingerprint density at radius 2 is 2.00 bits per heavy atom. The van der Waals surface area contributed by atoms with Gasteiger partial charge in [0.25, 0.3) is 0 Å². The summed E-state index contributed by atoms with van der Waals surface area (Å²) in [5.74, 6) is -0.0933. The molecular weight excluding hydrogens is 226 g/mol. The van der Waals surface area contributed by atoms with Gasteiger partial charge in [0.2, 0.25) is 0 Å². The Kier molecular flexibility index (Phi) is 3.90. The van der Waals surface area contributed by atoms with E-state index in [9.17, 15) is 9.90 Å². The van der Waals surface area contributed by atoms with Gasteiger partial charge in [-0.2, -0.15) is 0 Å². The molecule has 18 heavy (non-hydrogen) atoms. The van der Waals surface area contributed by atoms with Gasteiger partial charge in [0.1, 0.15) is 5.54 Å². The quantitative estimate of drug-likeness (QED) is 0.803. The van der Waals surface area contributed by atoms with Crippen molar-refractivity contribution in [1.29, 1.82) is 0 Å². The number of benzene rings is 1. The number of nitrogens with one attached hydrogen (secondary N) is 1. The van der Waals surface area contributed by atoms with E-state index in [1.165, 1.54) is 0 Å². The molecule has 1 aromatic carbocycles. The smallest absolute Gasteiger partial charge is 0.329 e. The molecule has 0 radical (unpaired) electrons. The first-order chi connectivity index (χ1) is 8.62. The molecule has 2 atom stereocenters. The lowest BCUT2D eigenvalue weighted by Gasteiger charge is -2.30. The predicted molar refractivity (Wildman–Crippen MR) is 72.7 cm³/mol. The Bertz CT molecular complexity index is 404. The molecular formula is C15H21NO2. The Morgan fingerprint density at radius 1 is 1.28 bits per heavy atom. The van der Waals surface area contributed by atoms with Crippen LogP contribution in [0.3, 0.4) is 0 Å². The van der Waals surface area contributed by atoms with Gasteiger partial charge < -0.3 is 10.4 Å². The first-order valence-electron chi connectivity index (χ1n) is 6.69. The molecule has 0 saturated heterocycles. The molecule has 0 spiro atoms. The van der Waals surface area contributed by atoms with Crippen molar-refractivity contribution in [3.05, 3.63) is 30.3 Å². The molecule has 3 heteroatoms. The standard InChI is InChI=1S/C15H21NO2/c1-12-6-5-10-15(11-9-12,14(17)18)16-13-7-3-2-4-8-13/h2-4,7-8,12,16H,5-6,9-11H2,1H3,(H,17,18). The zero-order valence-corrected chi connectivity index (χ0v) is 10.9. The van der Waals surface area contributed by atoms with E-state index in [2.05, 4.69) is 12.2 Å². The molecule has 0 bridgehead atoms. The minimum absolute atomic E-state index is 0.629. The highest BCUT2D eigenvalue weighted by Gasteiger charge is 2.39. The Balaban J connectivity index is 2.19. The Morgan fingerprint density at radius 3 is 2.67 bits per heavy atom. The highest BCUT2D eigenvalue weighted by atomic mass is 16.4. The monoisotopic (exact) mass is 247 g/mol. The summed E-state index contributed by atoms with van der Waals surface area (Å²) < 4.78 is 0. The fraction of sp³-hybridized carbons (Fsp3) is 0.533. The van der Waals surface area contributed by atoms with Gasteiger partial charge in [0, 0.05) is 5.69 Å². The fourth-order valence-electron chi connectivity index (χ4n) is 2.70. The SMILES string of the molecule is CC1CCCC(Nc2ccccc2)(C(=O)O)CC1. The summed E-state index contributed by atoms with van der Waals surface area (Å²) in [5, 5.41) is 12.9. The maximum Gasteiger partial charge on any atom is 0.329 e. The van der Waals surface area contributed by atoms with Crippen LogP contribution in [-0.2, 0) is 4.79 Å². The van der Waals surface area contributed by atoms with Gasteiger partial charge in [-0.25, -0.2) is 4.79 Å². The largest absolute Gasteiger partial charge is 0.480 e. The van der Waals surface area contributed by atoms with Crippen molar-refractivity contribution in [3.8, 4) is 0 Å². The van der Waals surface area contributed by atoms with Crippen LogP contribution in [0.25, 0.3) is 0 Å². The topological polar surface area (TPSA) is 49.3 Å². The van der Waals surface area contributed by atoms with Crippen LogP contribution in [0.2, 0.25) is 0 Å². The first kappa shape index (κ1) is 12.9. The normalized spacial score (nSPS) is 28.4. The van der Waals surface area contributed by atoms with E-state index in [4.69, 9.17) is 0 Å². The van der Waals surface area contributed by atoms with E-state index >= 15 is 0 Å². The molecule has 0 heterocycles. The van der Waals surface area contributed by atoms with Crippen LogP contribution in [0.5, 0.6) is 0 Å². The average Bonchev–Trinajstić information content (AvgIpc) is 2.54. The number of aliphatic carboxylic acids is 1. The minimum Gasteiger partial charge on any atom is -0.480 e. The van der Waals surface area contributed by atoms with Gasteiger partial charge in [-0.05, 0) is 37.3 Å². The summed E-state index contributed by atoms with van der Waals surface area (Å²) in [7, 11) is 0. The van der Waals surface area contributed by atoms with Crippen LogP contribution >= 0.6 is 0 Å². The van der Waals surface area contributed by atoms with Gasteiger partial charge in [0.15, 0.2) is 0 Å². The third-order valence-corrected chi connectivity index (χ3v) is 3.93. The van der Waals surface area contributed by atoms with Gasteiger partial charge in [-0.15, -0.1) is 0 Å². The molecule has 2 rings (SSSR count). The van der Waals surface area contributed by atoms with Gasteiger partial charge in [-0.3, -0.25) is 0 Å². The lowest BCUT2D eigenvalue weighted by Crippen LogP contribution is -2.46. The summed E-state index contributed by atoms with van der Waals surface area (Å²) in [4.78, 5) is 11.7. The number of rotatable bonds is 3. The van der Waals surface area contributed by atoms with Gasteiger partial charge >= 0.3 is 5.97 Å². The van der Waals surface area contributed by atoms with Crippen molar-refractivity contribution in [1.82, 2.24) is 0 Å². The second kappa shape index (κ2) is 5.42. The summed E-state index contributed by atoms with van der Waals surface area (Å²) in [6.45, 7) is 2.21. The number of para-hydroxylation sites is 1. The van der Waals surface area contributed by atoms with E-state index in [1.54, 1.807) is 0 Å². The zero-order chi connectivity index (χ0) is 13.0. The zero-order valence-electron chi connectivity index (χ0n) is 10.9. The van der Waals surface area contributed by atoms with Crippen LogP contribution in [-0.4, -0.2) is 16.6 Å². The molecule has 3 nitrogen and oxygen atoms in total. The molecule has 1 fully saturated rings. The summed E-state index contributed by atoms with van der Waals surface area (Å²) in [5.41, 5.74) is 0.112. The first-order valence-corrected chi connectivity index (χ1v) is 6.69. The molecule has 1 saturated carbocycles. The van der Waals surface area contributed by atoms with Crippen LogP contribution in [0.1, 0.15) is 39.0 Å². The summed E-state index contributed by atoms with van der Waals surface area (Å²) in [6.07, 6.45) is 4.50. The van der Waals surface area contributed by atoms with Crippen LogP contribution in [0.15, 0.2) is 30.3 Å². The number of carboxylic acid groups (broad SMARTS) is 1. The highest BCUT2D eigenvalue weighted by molar-refractivity contribution is 5.82. The third-order valence-electron chi connectivity index (χ3n) is 3.93. The molecule has 98 valence electrons. The van der Waals surface area contributed by atoms with E-state index in [0.717, 1.165) is 24.9 Å². The van der Waals surface area contributed by atoms with Crippen molar-refractivity contribution in [3.63, 3.8) is 0 Å². The minimum atomic E-state index is -0.786. The van der Waals surface area contributed by atoms with E-state index in [-0.39, 0.29) is 0 Å². The number of carboxylic acids is 1. The molecule has 2 N–H and O–H groups in total. The van der Waals surface area contributed by atoms with Gasteiger partial charge in [-0.1, -0.05) is 38.0 Å². The third kappa shape index (κ3) is 2.84. The van der Waals surface area contributed by atoms with Crippen molar-refractivity contribution in [2.45, 2.75) is 44.6 Å². The second-order valence-electron chi connectivity index (χ2n) is 5.41. The van der Waals surface area contributed by atoms with Gasteiger partial charge in [0.05, 0.1) is 0 Å². The van der Waals surface area contributed by atoms with Crippen LogP contribution in [0, 0.1) is 5.92 Å². The van der Waals surface area contributed by atoms with Crippen molar-refractivity contribution < 1.29 is 9.90 Å². The van der Waals surface area contributed by atoms with E-state index in [0.29, 0.717) is 18.8 Å². The maximum absolute atomic E-state index is 11.7. The Hall–Kier alpha value is -1.51. The van der Waals surface area contributed by atoms with Crippen LogP contribution < -0.4 is 5.32 Å². The van der Waals surface area contributed by atoms with E-state index in [1.807, 2.05) is 30.3 Å². The Labute approximate surface area is 108 Å². The number of anilines is 1. The average molecular weight is 247 g/mol. The summed E-state index contributed by atoms with van der Waals surface area (Å²) >= 11 is 0. The lowest BCUT2D eigenvalue weighted by atomic mass is 9.89. The van der Waals surface area contributed by atoms with E-state index < -0.39 is 11.5 Å². The molecule has 0 amide bonds. The lowest BCUT2D eigenvalue weighted by molar-refractivity contribution is -0.142. The maximum atomic E-state index is 11.7. The van der Waals surface area contributed by atoms with Crippen molar-refractivity contribution in [2.24, 2.45) is 5.92 Å². The molecule has 1 aliphatic rings. The molecule has 2 unspecified atom stereocenters. The second-order valence-corrected chi connectivity index (χ2v) is 5.41. The molecule has 1 aromatic rings. The highest BCUT2D eigenvalue weighted by Crippen LogP contribution is 2.33. The predicted octanol–water partition coefficient (Wildman–Crippen LogP) is 3.52. The fourth-order valence-corrected chi connectivity index (χ4v) is 2.70.